The average Bonchev–Trinajstić information content (AvgIpc) is 2.63. The Morgan fingerprint density at radius 2 is 1.92 bits per heavy atom. The fraction of sp³-hybridized carbons (Fsp3) is 0.579. The number of carbonyl (C=O) groups excluding carboxylic acids is 2. The van der Waals surface area contributed by atoms with Crippen molar-refractivity contribution in [2.45, 2.75) is 27.2 Å². The number of hydrogen-bond donors (Lipinski definition) is 1. The molecule has 1 atom stereocenters. The van der Waals surface area contributed by atoms with Crippen LogP contribution in [-0.4, -0.2) is 61.6 Å². The maximum atomic E-state index is 12.7. The molecule has 0 spiro atoms. The summed E-state index contributed by atoms with van der Waals surface area (Å²) in [6.45, 7) is 9.71. The molecule has 1 aromatic carbocycles. The summed E-state index contributed by atoms with van der Waals surface area (Å²) in [5.74, 6) is -0.715. The predicted molar refractivity (Wildman–Crippen MR) is 106 cm³/mol. The topological polar surface area (TPSA) is 61.9 Å². The van der Waals surface area contributed by atoms with E-state index in [-0.39, 0.29) is 12.0 Å². The van der Waals surface area contributed by atoms with E-state index < -0.39 is 5.92 Å². The molecule has 1 N–H and O–H groups in total. The van der Waals surface area contributed by atoms with E-state index in [1.807, 2.05) is 0 Å². The Morgan fingerprint density at radius 1 is 1.23 bits per heavy atom. The van der Waals surface area contributed by atoms with Gasteiger partial charge < -0.3 is 19.9 Å². The van der Waals surface area contributed by atoms with Crippen molar-refractivity contribution in [1.82, 2.24) is 9.80 Å². The van der Waals surface area contributed by atoms with Crippen LogP contribution in [0.3, 0.4) is 0 Å². The minimum atomic E-state index is -0.390. The third-order valence-corrected chi connectivity index (χ3v) is 4.49. The summed E-state index contributed by atoms with van der Waals surface area (Å²) in [5.41, 5.74) is 0.627. The van der Waals surface area contributed by atoms with Gasteiger partial charge >= 0.3 is 12.0 Å². The third-order valence-electron chi connectivity index (χ3n) is 4.26. The Kier molecular flexibility index (Phi) is 10.1. The molecule has 0 aliphatic rings. The van der Waals surface area contributed by atoms with E-state index in [2.05, 4.69) is 24.1 Å². The zero-order chi connectivity index (χ0) is 19.5. The van der Waals surface area contributed by atoms with Crippen molar-refractivity contribution in [3.05, 3.63) is 29.3 Å². The number of hydrogen-bond acceptors (Lipinski definition) is 4. The Bertz CT molecular complexity index is 579. The first-order valence-electron chi connectivity index (χ1n) is 9.02. The number of carbonyl (C=O) groups is 2. The number of urea groups is 1. The van der Waals surface area contributed by atoms with E-state index >= 15 is 0 Å². The standard InChI is InChI=1S/C19H30ClN3O3/c1-5-22(6-2)11-8-12-23(14-15(3)18(24)26-4)19(25)21-17-10-7-9-16(20)13-17/h7,9-10,13,15H,5-6,8,11-12,14H2,1-4H3,(H,21,25). The van der Waals surface area contributed by atoms with Crippen molar-refractivity contribution in [3.63, 3.8) is 0 Å². The van der Waals surface area contributed by atoms with Crippen LogP contribution in [0.5, 0.6) is 0 Å². The van der Waals surface area contributed by atoms with Crippen LogP contribution in [0.4, 0.5) is 10.5 Å². The van der Waals surface area contributed by atoms with E-state index in [1.165, 1.54) is 7.11 Å². The highest BCUT2D eigenvalue weighted by atomic mass is 35.5. The summed E-state index contributed by atoms with van der Waals surface area (Å²) in [6.07, 6.45) is 0.832. The van der Waals surface area contributed by atoms with Crippen molar-refractivity contribution in [2.24, 2.45) is 5.92 Å². The first kappa shape index (κ1) is 22.3. The van der Waals surface area contributed by atoms with Gasteiger partial charge in [0.05, 0.1) is 13.0 Å². The van der Waals surface area contributed by atoms with Gasteiger partial charge in [0.1, 0.15) is 0 Å². The van der Waals surface area contributed by atoms with Crippen LogP contribution in [0.15, 0.2) is 24.3 Å². The van der Waals surface area contributed by atoms with Gasteiger partial charge in [0.25, 0.3) is 0 Å². The van der Waals surface area contributed by atoms with Gasteiger partial charge in [0.15, 0.2) is 0 Å². The summed E-state index contributed by atoms with van der Waals surface area (Å²) in [4.78, 5) is 28.4. The molecule has 0 aliphatic carbocycles. The molecular weight excluding hydrogens is 354 g/mol. The largest absolute Gasteiger partial charge is 0.469 e. The molecule has 2 amide bonds. The lowest BCUT2D eigenvalue weighted by Crippen LogP contribution is -2.41. The van der Waals surface area contributed by atoms with Gasteiger partial charge in [0.2, 0.25) is 0 Å². The second kappa shape index (κ2) is 11.8. The van der Waals surface area contributed by atoms with Crippen LogP contribution in [0, 0.1) is 5.92 Å². The van der Waals surface area contributed by atoms with Crippen LogP contribution >= 0.6 is 11.6 Å². The monoisotopic (exact) mass is 383 g/mol. The molecular formula is C19H30ClN3O3. The highest BCUT2D eigenvalue weighted by Gasteiger charge is 2.21. The normalized spacial score (nSPS) is 11.9. The van der Waals surface area contributed by atoms with Gasteiger partial charge in [-0.1, -0.05) is 38.4 Å². The van der Waals surface area contributed by atoms with Crippen LogP contribution < -0.4 is 5.32 Å². The number of methoxy groups -OCH3 is 1. The molecule has 0 aromatic heterocycles. The zero-order valence-electron chi connectivity index (χ0n) is 16.1. The molecule has 26 heavy (non-hydrogen) atoms. The van der Waals surface area contributed by atoms with E-state index in [0.717, 1.165) is 26.1 Å². The van der Waals surface area contributed by atoms with Crippen LogP contribution in [0.25, 0.3) is 0 Å². The summed E-state index contributed by atoms with van der Waals surface area (Å²) in [7, 11) is 1.36. The lowest BCUT2D eigenvalue weighted by Gasteiger charge is -2.27. The Labute approximate surface area is 161 Å². The van der Waals surface area contributed by atoms with Crippen LogP contribution in [0.2, 0.25) is 5.02 Å². The number of nitrogens with one attached hydrogen (secondary N) is 1. The maximum Gasteiger partial charge on any atom is 0.321 e. The van der Waals surface area contributed by atoms with Crippen molar-refractivity contribution >= 4 is 29.3 Å². The molecule has 146 valence electrons. The number of benzene rings is 1. The first-order chi connectivity index (χ1) is 12.4. The van der Waals surface area contributed by atoms with Gasteiger partial charge in [-0.25, -0.2) is 4.79 Å². The fourth-order valence-electron chi connectivity index (χ4n) is 2.68. The van der Waals surface area contributed by atoms with E-state index in [9.17, 15) is 9.59 Å². The summed E-state index contributed by atoms with van der Waals surface area (Å²) < 4.78 is 4.78. The zero-order valence-corrected chi connectivity index (χ0v) is 16.9. The lowest BCUT2D eigenvalue weighted by atomic mass is 10.1. The minimum Gasteiger partial charge on any atom is -0.469 e. The molecule has 6 nitrogen and oxygen atoms in total. The molecule has 7 heteroatoms. The Balaban J connectivity index is 2.74. The van der Waals surface area contributed by atoms with Gasteiger partial charge in [-0.3, -0.25) is 4.79 Å². The van der Waals surface area contributed by atoms with Gasteiger partial charge in [0, 0.05) is 23.8 Å². The molecule has 0 saturated heterocycles. The van der Waals surface area contributed by atoms with Crippen molar-refractivity contribution < 1.29 is 14.3 Å². The van der Waals surface area contributed by atoms with E-state index in [0.29, 0.717) is 23.8 Å². The molecule has 0 fully saturated rings. The molecule has 1 rings (SSSR count). The third kappa shape index (κ3) is 7.62. The van der Waals surface area contributed by atoms with Gasteiger partial charge in [-0.05, 0) is 44.3 Å². The molecule has 0 heterocycles. The average molecular weight is 384 g/mol. The van der Waals surface area contributed by atoms with Crippen LogP contribution in [0.1, 0.15) is 27.2 Å². The first-order valence-corrected chi connectivity index (χ1v) is 9.40. The van der Waals surface area contributed by atoms with E-state index in [1.54, 1.807) is 36.1 Å². The molecule has 0 radical (unpaired) electrons. The Morgan fingerprint density at radius 3 is 2.50 bits per heavy atom. The second-order valence-corrected chi connectivity index (χ2v) is 6.63. The molecule has 1 unspecified atom stereocenters. The quantitative estimate of drug-likeness (QED) is 0.625. The van der Waals surface area contributed by atoms with Crippen LogP contribution in [-0.2, 0) is 9.53 Å². The molecule has 0 aliphatic heterocycles. The molecule has 1 aromatic rings. The van der Waals surface area contributed by atoms with Crippen molar-refractivity contribution in [3.8, 4) is 0 Å². The van der Waals surface area contributed by atoms with Crippen molar-refractivity contribution in [2.75, 3.05) is 45.2 Å². The Hall–Kier alpha value is -1.79. The fourth-order valence-corrected chi connectivity index (χ4v) is 2.87. The summed E-state index contributed by atoms with van der Waals surface area (Å²) >= 11 is 5.97. The number of rotatable bonds is 10. The summed E-state index contributed by atoms with van der Waals surface area (Å²) in [6, 6.07) is 6.75. The molecule has 0 saturated carbocycles. The van der Waals surface area contributed by atoms with E-state index in [4.69, 9.17) is 16.3 Å². The lowest BCUT2D eigenvalue weighted by molar-refractivity contribution is -0.145. The predicted octanol–water partition coefficient (Wildman–Crippen LogP) is 3.71. The van der Waals surface area contributed by atoms with Crippen molar-refractivity contribution in [1.29, 1.82) is 0 Å². The molecule has 0 bridgehead atoms. The van der Waals surface area contributed by atoms with Gasteiger partial charge in [-0.2, -0.15) is 0 Å². The number of amides is 2. The smallest absolute Gasteiger partial charge is 0.321 e. The second-order valence-electron chi connectivity index (χ2n) is 6.19. The highest BCUT2D eigenvalue weighted by molar-refractivity contribution is 6.30. The number of anilines is 1. The number of nitrogens with zero attached hydrogens (tertiary/aromatic N) is 2. The highest BCUT2D eigenvalue weighted by Crippen LogP contribution is 2.16. The number of esters is 1. The number of halogens is 1. The summed E-state index contributed by atoms with van der Waals surface area (Å²) in [5, 5.41) is 3.40. The maximum absolute atomic E-state index is 12.7. The number of ether oxygens (including phenoxy) is 1. The SMILES string of the molecule is CCN(CC)CCCN(CC(C)C(=O)OC)C(=O)Nc1cccc(Cl)c1. The minimum absolute atomic E-state index is 0.248. The van der Waals surface area contributed by atoms with Gasteiger partial charge in [-0.15, -0.1) is 0 Å².